The number of nitrogens with zero attached hydrogens (tertiary/aromatic N) is 3. The number of likely N-dealkylation sites (tertiary alicyclic amines) is 1. The zero-order valence-corrected chi connectivity index (χ0v) is 17.6. The molecule has 1 fully saturated rings. The van der Waals surface area contributed by atoms with Gasteiger partial charge in [-0.2, -0.15) is 0 Å². The molecule has 2 aromatic rings. The molecule has 3 rings (SSSR count). The van der Waals surface area contributed by atoms with Crippen LogP contribution in [-0.2, 0) is 29.7 Å². The van der Waals surface area contributed by atoms with Crippen LogP contribution in [0.15, 0.2) is 36.4 Å². The molecule has 0 spiro atoms. The van der Waals surface area contributed by atoms with Gasteiger partial charge < -0.3 is 9.47 Å². The Bertz CT molecular complexity index is 870. The lowest BCUT2D eigenvalue weighted by atomic mass is 10.1. The number of aryl methyl sites for hydroxylation is 2. The van der Waals surface area contributed by atoms with Crippen molar-refractivity contribution in [3.05, 3.63) is 58.9 Å². The molecule has 1 aromatic carbocycles. The summed E-state index contributed by atoms with van der Waals surface area (Å²) in [5.74, 6) is 0.234. The molecule has 0 N–H and O–H groups in total. The van der Waals surface area contributed by atoms with E-state index in [1.165, 1.54) is 17.0 Å². The predicted octanol–water partition coefficient (Wildman–Crippen LogP) is 3.22. The third-order valence-electron chi connectivity index (χ3n) is 5.97. The normalized spacial score (nSPS) is 19.8. The minimum atomic E-state index is -0.139. The van der Waals surface area contributed by atoms with Gasteiger partial charge in [0.2, 0.25) is 5.91 Å². The average Bonchev–Trinajstić information content (AvgIpc) is 3.18. The molecule has 2 heterocycles. The largest absolute Gasteiger partial charge is 0.351 e. The molecular weight excluding hydrogens is 350 g/mol. The Balaban J connectivity index is 1.79. The van der Waals surface area contributed by atoms with Gasteiger partial charge in [0.15, 0.2) is 0 Å². The van der Waals surface area contributed by atoms with Crippen LogP contribution in [0.3, 0.4) is 0 Å². The maximum absolute atomic E-state index is 12.4. The highest BCUT2D eigenvalue weighted by atomic mass is 16.2. The Labute approximate surface area is 167 Å². The van der Waals surface area contributed by atoms with Crippen molar-refractivity contribution in [2.75, 3.05) is 6.54 Å². The summed E-state index contributed by atoms with van der Waals surface area (Å²) >= 11 is 0. The van der Waals surface area contributed by atoms with Crippen LogP contribution in [0.4, 0.5) is 0 Å². The van der Waals surface area contributed by atoms with Crippen LogP contribution in [0.2, 0.25) is 0 Å². The molecule has 0 aliphatic carbocycles. The van der Waals surface area contributed by atoms with Gasteiger partial charge in [-0.1, -0.05) is 29.8 Å². The van der Waals surface area contributed by atoms with Gasteiger partial charge in [-0.3, -0.25) is 14.5 Å². The molecule has 0 radical (unpaired) electrons. The van der Waals surface area contributed by atoms with Gasteiger partial charge in [-0.25, -0.2) is 0 Å². The fraction of sp³-hybridized carbons (Fsp3) is 0.478. The van der Waals surface area contributed by atoms with Crippen LogP contribution in [-0.4, -0.2) is 44.7 Å². The Hall–Kier alpha value is -2.40. The summed E-state index contributed by atoms with van der Waals surface area (Å²) in [6.07, 6.45) is 0.699. The third kappa shape index (κ3) is 4.36. The first kappa shape index (κ1) is 20.3. The van der Waals surface area contributed by atoms with Gasteiger partial charge in [0, 0.05) is 51.0 Å². The van der Waals surface area contributed by atoms with E-state index in [9.17, 15) is 9.59 Å². The van der Waals surface area contributed by atoms with Crippen molar-refractivity contribution in [3.63, 3.8) is 0 Å². The van der Waals surface area contributed by atoms with Crippen LogP contribution < -0.4 is 0 Å². The number of aromatic nitrogens is 1. The number of amides is 1. The smallest absolute Gasteiger partial charge is 0.220 e. The highest BCUT2D eigenvalue weighted by Crippen LogP contribution is 2.27. The molecule has 0 saturated carbocycles. The Morgan fingerprint density at radius 1 is 1.14 bits per heavy atom. The van der Waals surface area contributed by atoms with Gasteiger partial charge >= 0.3 is 0 Å². The van der Waals surface area contributed by atoms with E-state index < -0.39 is 0 Å². The number of Topliss-reactive ketones (excluding diaryl/α,β-unsaturated/α-hetero) is 1. The zero-order valence-electron chi connectivity index (χ0n) is 17.6. The minimum Gasteiger partial charge on any atom is -0.351 e. The van der Waals surface area contributed by atoms with E-state index in [0.29, 0.717) is 13.0 Å². The van der Waals surface area contributed by atoms with Crippen molar-refractivity contribution in [1.29, 1.82) is 0 Å². The van der Waals surface area contributed by atoms with E-state index in [4.69, 9.17) is 0 Å². The van der Waals surface area contributed by atoms with Crippen molar-refractivity contribution in [2.45, 2.75) is 59.3 Å². The second-order valence-electron chi connectivity index (χ2n) is 8.11. The van der Waals surface area contributed by atoms with Crippen LogP contribution >= 0.6 is 0 Å². The number of hydrogen-bond acceptors (Lipinski definition) is 3. The molecule has 2 atom stereocenters. The first-order valence-corrected chi connectivity index (χ1v) is 9.94. The quantitative estimate of drug-likeness (QED) is 0.772. The van der Waals surface area contributed by atoms with E-state index in [0.717, 1.165) is 18.7 Å². The van der Waals surface area contributed by atoms with Gasteiger partial charge in [0.05, 0.1) is 6.04 Å². The maximum atomic E-state index is 12.4. The first-order valence-electron chi connectivity index (χ1n) is 9.94. The average molecular weight is 382 g/mol. The predicted molar refractivity (Wildman–Crippen MR) is 111 cm³/mol. The molecule has 0 unspecified atom stereocenters. The molecule has 28 heavy (non-hydrogen) atoms. The number of hydrogen-bond donors (Lipinski definition) is 0. The molecule has 5 nitrogen and oxygen atoms in total. The van der Waals surface area contributed by atoms with E-state index in [1.807, 2.05) is 11.0 Å². The van der Waals surface area contributed by atoms with E-state index in [-0.39, 0.29) is 23.8 Å². The highest BCUT2D eigenvalue weighted by molar-refractivity contribution is 5.82. The first-order chi connectivity index (χ1) is 13.3. The van der Waals surface area contributed by atoms with Crippen LogP contribution in [0, 0.1) is 13.8 Å². The van der Waals surface area contributed by atoms with Gasteiger partial charge in [-0.05, 0) is 44.9 Å². The minimum absolute atomic E-state index is 0.0493. The fourth-order valence-corrected chi connectivity index (χ4v) is 4.24. The van der Waals surface area contributed by atoms with Gasteiger partial charge in [0.1, 0.15) is 5.78 Å². The highest BCUT2D eigenvalue weighted by Gasteiger charge is 2.38. The molecule has 1 aromatic heterocycles. The van der Waals surface area contributed by atoms with Crippen molar-refractivity contribution in [1.82, 2.24) is 14.4 Å². The van der Waals surface area contributed by atoms with E-state index in [2.05, 4.69) is 60.7 Å². The molecule has 1 aliphatic heterocycles. The van der Waals surface area contributed by atoms with E-state index >= 15 is 0 Å². The van der Waals surface area contributed by atoms with Crippen molar-refractivity contribution < 1.29 is 9.59 Å². The lowest BCUT2D eigenvalue weighted by Gasteiger charge is -2.28. The maximum Gasteiger partial charge on any atom is 0.220 e. The Morgan fingerprint density at radius 3 is 2.46 bits per heavy atom. The molecule has 1 amide bonds. The lowest BCUT2D eigenvalue weighted by Crippen LogP contribution is -2.40. The summed E-state index contributed by atoms with van der Waals surface area (Å²) in [7, 11) is 2.06. The number of benzene rings is 1. The summed E-state index contributed by atoms with van der Waals surface area (Å²) in [5.41, 5.74) is 4.72. The number of ketones is 1. The lowest BCUT2D eigenvalue weighted by molar-refractivity contribution is -0.131. The second kappa shape index (κ2) is 8.31. The topological polar surface area (TPSA) is 45.6 Å². The number of carbonyl (C=O) groups is 2. The SMILES string of the molecule is CC(=O)[C@@H]1C[C@H](N(Cc2cccc(C)c2)C(C)=O)CN1Cc1ccc(C)n1C. The molecule has 0 bridgehead atoms. The van der Waals surface area contributed by atoms with E-state index in [1.54, 1.807) is 13.8 Å². The number of carbonyl (C=O) groups excluding carboxylic acids is 2. The fourth-order valence-electron chi connectivity index (χ4n) is 4.24. The second-order valence-corrected chi connectivity index (χ2v) is 8.11. The summed E-state index contributed by atoms with van der Waals surface area (Å²) < 4.78 is 2.17. The number of rotatable bonds is 6. The van der Waals surface area contributed by atoms with Crippen LogP contribution in [0.5, 0.6) is 0 Å². The molecule has 5 heteroatoms. The van der Waals surface area contributed by atoms with Crippen LogP contribution in [0.1, 0.15) is 42.8 Å². The zero-order chi connectivity index (χ0) is 20.4. The van der Waals surface area contributed by atoms with Crippen molar-refractivity contribution in [2.24, 2.45) is 7.05 Å². The summed E-state index contributed by atoms with van der Waals surface area (Å²) in [4.78, 5) is 28.9. The van der Waals surface area contributed by atoms with Gasteiger partial charge in [0.25, 0.3) is 0 Å². The summed E-state index contributed by atoms with van der Waals surface area (Å²) in [6, 6.07) is 12.4. The summed E-state index contributed by atoms with van der Waals surface area (Å²) in [5, 5.41) is 0. The molecule has 1 saturated heterocycles. The third-order valence-corrected chi connectivity index (χ3v) is 5.97. The van der Waals surface area contributed by atoms with Gasteiger partial charge in [-0.15, -0.1) is 0 Å². The summed E-state index contributed by atoms with van der Waals surface area (Å²) in [6.45, 7) is 9.46. The Morgan fingerprint density at radius 2 is 1.89 bits per heavy atom. The van der Waals surface area contributed by atoms with Crippen LogP contribution in [0.25, 0.3) is 0 Å². The van der Waals surface area contributed by atoms with Crippen molar-refractivity contribution >= 4 is 11.7 Å². The molecule has 1 aliphatic rings. The standard InChI is InChI=1S/C23H31N3O2/c1-16-7-6-8-20(11-16)13-26(19(4)28)22-12-23(18(3)27)25(15-22)14-21-10-9-17(2)24(21)5/h6-11,22-23H,12-15H2,1-5H3/t22-,23-/m0/s1. The van der Waals surface area contributed by atoms with Crippen molar-refractivity contribution in [3.8, 4) is 0 Å². The monoisotopic (exact) mass is 381 g/mol. The molecular formula is C23H31N3O2. The Kier molecular flexibility index (Phi) is 6.04. The molecule has 150 valence electrons.